The van der Waals surface area contributed by atoms with E-state index in [-0.39, 0.29) is 17.8 Å². The fourth-order valence-electron chi connectivity index (χ4n) is 4.59. The van der Waals surface area contributed by atoms with Gasteiger partial charge in [0, 0.05) is 35.3 Å². The van der Waals surface area contributed by atoms with E-state index in [1.54, 1.807) is 12.4 Å². The molecule has 1 aliphatic carbocycles. The third-order valence-corrected chi connectivity index (χ3v) is 8.81. The normalized spacial score (nSPS) is 14.1. The third-order valence-electron chi connectivity index (χ3n) is 6.89. The number of nitrogens with one attached hydrogen (secondary N) is 2. The molecule has 0 spiro atoms. The predicted octanol–water partition coefficient (Wildman–Crippen LogP) is 5.51. The number of rotatable bonds is 11. The van der Waals surface area contributed by atoms with E-state index in [4.69, 9.17) is 9.72 Å². The number of nitriles is 1. The zero-order valence-corrected chi connectivity index (χ0v) is 22.8. The van der Waals surface area contributed by atoms with Gasteiger partial charge >= 0.3 is 0 Å². The first kappa shape index (κ1) is 26.6. The van der Waals surface area contributed by atoms with E-state index in [9.17, 15) is 13.7 Å². The summed E-state index contributed by atoms with van der Waals surface area (Å²) in [7, 11) is -3.31. The Hall–Kier alpha value is -4.00. The van der Waals surface area contributed by atoms with E-state index >= 15 is 0 Å². The summed E-state index contributed by atoms with van der Waals surface area (Å²) in [4.78, 5) is 9.06. The van der Waals surface area contributed by atoms with Gasteiger partial charge in [-0.05, 0) is 43.9 Å². The van der Waals surface area contributed by atoms with E-state index < -0.39 is 10.0 Å². The molecule has 2 heterocycles. The maximum Gasteiger partial charge on any atom is 0.214 e. The summed E-state index contributed by atoms with van der Waals surface area (Å²) >= 11 is 0. The summed E-state index contributed by atoms with van der Waals surface area (Å²) in [5.74, 6) is 0.815. The Morgan fingerprint density at radius 3 is 2.51 bits per heavy atom. The quantitative estimate of drug-likeness (QED) is 0.257. The number of hydrogen-bond acceptors (Lipinski definition) is 7. The highest BCUT2D eigenvalue weighted by molar-refractivity contribution is 7.90. The second kappa shape index (κ2) is 11.4. The Morgan fingerprint density at radius 1 is 1.08 bits per heavy atom. The SMILES string of the molecule is CCOc1ccccc1-c1ccc(-c2nc3cnccc3c(NC(CC)CNS(=O)(=O)C3CC3)c2C#N)cc1. The molecule has 0 amide bonds. The minimum Gasteiger partial charge on any atom is -0.493 e. The van der Waals surface area contributed by atoms with E-state index in [0.29, 0.717) is 48.3 Å². The molecule has 0 bridgehead atoms. The molecule has 9 heteroatoms. The van der Waals surface area contributed by atoms with Gasteiger partial charge in [0.1, 0.15) is 17.4 Å². The van der Waals surface area contributed by atoms with Crippen molar-refractivity contribution in [1.29, 1.82) is 5.26 Å². The van der Waals surface area contributed by atoms with Crippen LogP contribution in [0.4, 0.5) is 5.69 Å². The van der Waals surface area contributed by atoms with Gasteiger partial charge in [0.25, 0.3) is 0 Å². The summed E-state index contributed by atoms with van der Waals surface area (Å²) in [5, 5.41) is 14.2. The Labute approximate surface area is 229 Å². The van der Waals surface area contributed by atoms with Crippen LogP contribution in [0.15, 0.2) is 67.0 Å². The van der Waals surface area contributed by atoms with Gasteiger partial charge in [0.15, 0.2) is 0 Å². The lowest BCUT2D eigenvalue weighted by Crippen LogP contribution is -2.37. The van der Waals surface area contributed by atoms with Crippen LogP contribution in [0.2, 0.25) is 0 Å². The van der Waals surface area contributed by atoms with Gasteiger partial charge in [-0.1, -0.05) is 49.4 Å². The molecule has 1 saturated carbocycles. The van der Waals surface area contributed by atoms with Crippen molar-refractivity contribution in [3.05, 3.63) is 72.6 Å². The smallest absolute Gasteiger partial charge is 0.214 e. The van der Waals surface area contributed by atoms with Crippen LogP contribution >= 0.6 is 0 Å². The van der Waals surface area contributed by atoms with Crippen molar-refractivity contribution in [2.45, 2.75) is 44.4 Å². The van der Waals surface area contributed by atoms with Crippen molar-refractivity contribution < 1.29 is 13.2 Å². The van der Waals surface area contributed by atoms with Crippen LogP contribution in [0.25, 0.3) is 33.3 Å². The fourth-order valence-corrected chi connectivity index (χ4v) is 6.02. The number of hydrogen-bond donors (Lipinski definition) is 2. The number of nitrogens with zero attached hydrogens (tertiary/aromatic N) is 3. The summed E-state index contributed by atoms with van der Waals surface area (Å²) in [5.41, 5.74) is 5.00. The van der Waals surface area contributed by atoms with Crippen molar-refractivity contribution >= 4 is 26.6 Å². The van der Waals surface area contributed by atoms with Crippen molar-refractivity contribution in [3.8, 4) is 34.2 Å². The van der Waals surface area contributed by atoms with Crippen LogP contribution in [0.1, 0.15) is 38.7 Å². The Bertz CT molecular complexity index is 1630. The number of benzene rings is 2. The molecule has 4 aromatic rings. The molecule has 39 heavy (non-hydrogen) atoms. The molecule has 1 unspecified atom stereocenters. The van der Waals surface area contributed by atoms with Crippen LogP contribution < -0.4 is 14.8 Å². The highest BCUT2D eigenvalue weighted by Gasteiger charge is 2.35. The minimum atomic E-state index is -3.31. The highest BCUT2D eigenvalue weighted by atomic mass is 32.2. The second-order valence-electron chi connectivity index (χ2n) is 9.56. The highest BCUT2D eigenvalue weighted by Crippen LogP contribution is 2.36. The number of sulfonamides is 1. The van der Waals surface area contributed by atoms with Gasteiger partial charge in [-0.3, -0.25) is 4.98 Å². The van der Waals surface area contributed by atoms with Crippen LogP contribution in [0.5, 0.6) is 5.75 Å². The average Bonchev–Trinajstić information content (AvgIpc) is 3.82. The van der Waals surface area contributed by atoms with E-state index in [1.165, 1.54) is 0 Å². The van der Waals surface area contributed by atoms with E-state index in [1.807, 2.05) is 68.4 Å². The molecule has 1 fully saturated rings. The molecule has 2 aromatic carbocycles. The number of fused-ring (bicyclic) bond motifs is 1. The van der Waals surface area contributed by atoms with Crippen LogP contribution in [-0.2, 0) is 10.0 Å². The summed E-state index contributed by atoms with van der Waals surface area (Å²) in [6.07, 6.45) is 5.42. The average molecular weight is 542 g/mol. The lowest BCUT2D eigenvalue weighted by molar-refractivity contribution is 0.341. The Balaban J connectivity index is 1.51. The Morgan fingerprint density at radius 2 is 1.82 bits per heavy atom. The summed E-state index contributed by atoms with van der Waals surface area (Å²) in [6, 6.07) is 19.8. The lowest BCUT2D eigenvalue weighted by Gasteiger charge is -2.22. The zero-order chi connectivity index (χ0) is 27.4. The van der Waals surface area contributed by atoms with Gasteiger partial charge in [0.2, 0.25) is 10.0 Å². The topological polar surface area (TPSA) is 117 Å². The van der Waals surface area contributed by atoms with Gasteiger partial charge < -0.3 is 10.1 Å². The molecule has 5 rings (SSSR count). The third kappa shape index (κ3) is 5.72. The van der Waals surface area contributed by atoms with E-state index in [2.05, 4.69) is 21.1 Å². The first-order chi connectivity index (χ1) is 18.9. The molecular formula is C30H31N5O3S. The monoisotopic (exact) mass is 541 g/mol. The zero-order valence-electron chi connectivity index (χ0n) is 22.0. The number of pyridine rings is 2. The van der Waals surface area contributed by atoms with Crippen LogP contribution in [-0.4, -0.2) is 42.8 Å². The molecule has 1 aliphatic rings. The second-order valence-corrected chi connectivity index (χ2v) is 11.6. The molecular weight excluding hydrogens is 510 g/mol. The van der Waals surface area contributed by atoms with Crippen molar-refractivity contribution in [1.82, 2.24) is 14.7 Å². The molecule has 0 saturated heterocycles. The van der Waals surface area contributed by atoms with Crippen molar-refractivity contribution in [3.63, 3.8) is 0 Å². The molecule has 0 radical (unpaired) electrons. The van der Waals surface area contributed by atoms with Gasteiger partial charge in [-0.15, -0.1) is 0 Å². The van der Waals surface area contributed by atoms with E-state index in [0.717, 1.165) is 27.8 Å². The summed E-state index contributed by atoms with van der Waals surface area (Å²) in [6.45, 7) is 4.75. The summed E-state index contributed by atoms with van der Waals surface area (Å²) < 4.78 is 33.4. The maximum absolute atomic E-state index is 12.4. The van der Waals surface area contributed by atoms with Gasteiger partial charge in [-0.2, -0.15) is 5.26 Å². The largest absolute Gasteiger partial charge is 0.493 e. The number of ether oxygens (including phenoxy) is 1. The van der Waals surface area contributed by atoms with Crippen molar-refractivity contribution in [2.75, 3.05) is 18.5 Å². The number of para-hydroxylation sites is 1. The number of anilines is 1. The van der Waals surface area contributed by atoms with Crippen LogP contribution in [0.3, 0.4) is 0 Å². The first-order valence-electron chi connectivity index (χ1n) is 13.2. The molecule has 200 valence electrons. The first-order valence-corrected chi connectivity index (χ1v) is 14.7. The number of aromatic nitrogens is 2. The molecule has 8 nitrogen and oxygen atoms in total. The minimum absolute atomic E-state index is 0.213. The van der Waals surface area contributed by atoms with Gasteiger partial charge in [0.05, 0.1) is 35.0 Å². The fraction of sp³-hybridized carbons (Fsp3) is 0.300. The molecule has 1 atom stereocenters. The Kier molecular flexibility index (Phi) is 7.77. The van der Waals surface area contributed by atoms with Crippen molar-refractivity contribution in [2.24, 2.45) is 0 Å². The molecule has 2 N–H and O–H groups in total. The predicted molar refractivity (Wildman–Crippen MR) is 154 cm³/mol. The standard InChI is InChI=1S/C30H31N5O3S/c1-3-22(18-33-39(36,37)23-13-14-23)34-30-25-15-16-32-19-27(25)35-29(26(30)17-31)21-11-9-20(10-12-21)24-7-5-6-8-28(24)38-4-2/h5-12,15-16,19,22-23,33H,3-4,13-14,18H2,1-2H3,(H,34,35). The molecule has 0 aliphatic heterocycles. The van der Waals surface area contributed by atoms with Gasteiger partial charge in [-0.25, -0.2) is 18.1 Å². The molecule has 2 aromatic heterocycles. The maximum atomic E-state index is 12.4. The van der Waals surface area contributed by atoms with Crippen LogP contribution in [0, 0.1) is 11.3 Å². The lowest BCUT2D eigenvalue weighted by atomic mass is 9.98.